The van der Waals surface area contributed by atoms with E-state index in [9.17, 15) is 0 Å². The van der Waals surface area contributed by atoms with E-state index in [1.54, 1.807) is 0 Å². The molecule has 1 aliphatic rings. The molecule has 0 aliphatic carbocycles. The molecule has 1 aliphatic heterocycles. The third-order valence-electron chi connectivity index (χ3n) is 2.38. The van der Waals surface area contributed by atoms with Crippen molar-refractivity contribution in [3.8, 4) is 0 Å². The maximum atomic E-state index is 7.07. The van der Waals surface area contributed by atoms with Gasteiger partial charge in [-0.1, -0.05) is 0 Å². The van der Waals surface area contributed by atoms with Crippen LogP contribution in [-0.2, 0) is 13.1 Å². The van der Waals surface area contributed by atoms with E-state index in [1.807, 2.05) is 6.20 Å². The molecule has 0 unspecified atom stereocenters. The van der Waals surface area contributed by atoms with Crippen molar-refractivity contribution >= 4 is 6.21 Å². The molecule has 2 heterocycles. The summed E-state index contributed by atoms with van der Waals surface area (Å²) in [6, 6.07) is 2.06. The van der Waals surface area contributed by atoms with E-state index in [4.69, 9.17) is 5.41 Å². The minimum atomic E-state index is 0.755. The molecule has 0 bridgehead atoms. The smallest absolute Gasteiger partial charge is 0.0524 e. The quantitative estimate of drug-likeness (QED) is 0.679. The molecule has 0 saturated carbocycles. The van der Waals surface area contributed by atoms with Crippen LogP contribution in [0.25, 0.3) is 0 Å². The lowest BCUT2D eigenvalue weighted by Gasteiger charge is -2.15. The molecule has 13 heavy (non-hydrogen) atoms. The fourth-order valence-electron chi connectivity index (χ4n) is 1.73. The van der Waals surface area contributed by atoms with E-state index in [0.717, 1.165) is 32.6 Å². The van der Waals surface area contributed by atoms with E-state index in [2.05, 4.69) is 20.7 Å². The van der Waals surface area contributed by atoms with Crippen molar-refractivity contribution in [2.45, 2.75) is 19.5 Å². The Morgan fingerprint density at radius 3 is 3.31 bits per heavy atom. The second-order valence-corrected chi connectivity index (χ2v) is 3.34. The van der Waals surface area contributed by atoms with Crippen LogP contribution < -0.4 is 0 Å². The maximum Gasteiger partial charge on any atom is 0.0524 e. The minimum Gasteiger partial charge on any atom is -0.312 e. The summed E-state index contributed by atoms with van der Waals surface area (Å²) in [6.45, 7) is 3.76. The van der Waals surface area contributed by atoms with Gasteiger partial charge >= 0.3 is 0 Å². The normalized spacial score (nSPS) is 17.8. The summed E-state index contributed by atoms with van der Waals surface area (Å²) >= 11 is 0. The van der Waals surface area contributed by atoms with E-state index >= 15 is 0 Å². The molecule has 1 aromatic heterocycles. The van der Waals surface area contributed by atoms with Crippen LogP contribution in [0.1, 0.15) is 12.1 Å². The number of nitrogens with zero attached hydrogens (tertiary/aromatic N) is 3. The van der Waals surface area contributed by atoms with Gasteiger partial charge in [0.25, 0.3) is 0 Å². The highest BCUT2D eigenvalue weighted by Crippen LogP contribution is 2.09. The second kappa shape index (κ2) is 3.70. The van der Waals surface area contributed by atoms with Crippen LogP contribution in [0.15, 0.2) is 12.3 Å². The fraction of sp³-hybridized carbons (Fsp3) is 0.556. The molecule has 70 valence electrons. The van der Waals surface area contributed by atoms with E-state index in [1.165, 1.54) is 11.9 Å². The molecule has 0 fully saturated rings. The van der Waals surface area contributed by atoms with Gasteiger partial charge in [-0.25, -0.2) is 0 Å². The van der Waals surface area contributed by atoms with E-state index in [0.29, 0.717) is 0 Å². The van der Waals surface area contributed by atoms with Crippen molar-refractivity contribution in [3.05, 3.63) is 18.0 Å². The molecule has 2 rings (SSSR count). The van der Waals surface area contributed by atoms with Gasteiger partial charge in [-0.2, -0.15) is 5.10 Å². The van der Waals surface area contributed by atoms with E-state index in [-0.39, 0.29) is 0 Å². The Kier molecular flexibility index (Phi) is 2.40. The summed E-state index contributed by atoms with van der Waals surface area (Å²) in [5.74, 6) is 0. The SMILES string of the molecule is N=CCN1CCCn2nccc2C1. The molecule has 0 radical (unpaired) electrons. The molecule has 1 N–H and O–H groups in total. The van der Waals surface area contributed by atoms with Gasteiger partial charge in [0, 0.05) is 38.6 Å². The lowest BCUT2D eigenvalue weighted by Crippen LogP contribution is -2.24. The number of nitrogens with one attached hydrogen (secondary N) is 1. The Bertz CT molecular complexity index is 292. The summed E-state index contributed by atoms with van der Waals surface area (Å²) in [4.78, 5) is 2.27. The van der Waals surface area contributed by atoms with Crippen LogP contribution in [0.3, 0.4) is 0 Å². The van der Waals surface area contributed by atoms with Crippen LogP contribution in [0.2, 0.25) is 0 Å². The number of rotatable bonds is 2. The summed E-state index contributed by atoms with van der Waals surface area (Å²) in [5, 5.41) is 11.3. The third-order valence-corrected chi connectivity index (χ3v) is 2.38. The average molecular weight is 178 g/mol. The summed E-state index contributed by atoms with van der Waals surface area (Å²) in [6.07, 6.45) is 4.44. The molecule has 1 aromatic rings. The molecule has 4 heteroatoms. The van der Waals surface area contributed by atoms with Crippen molar-refractivity contribution in [2.24, 2.45) is 0 Å². The lowest BCUT2D eigenvalue weighted by atomic mass is 10.3. The first kappa shape index (κ1) is 8.44. The molecule has 0 aromatic carbocycles. The van der Waals surface area contributed by atoms with Crippen molar-refractivity contribution in [2.75, 3.05) is 13.1 Å². The third kappa shape index (κ3) is 1.78. The van der Waals surface area contributed by atoms with Crippen molar-refractivity contribution in [3.63, 3.8) is 0 Å². The number of hydrogen-bond acceptors (Lipinski definition) is 3. The number of aromatic nitrogens is 2. The topological polar surface area (TPSA) is 44.9 Å². The van der Waals surface area contributed by atoms with E-state index < -0.39 is 0 Å². The largest absolute Gasteiger partial charge is 0.312 e. The van der Waals surface area contributed by atoms with Gasteiger partial charge in [0.2, 0.25) is 0 Å². The van der Waals surface area contributed by atoms with Crippen LogP contribution in [0, 0.1) is 5.41 Å². The monoisotopic (exact) mass is 178 g/mol. The molecule has 4 nitrogen and oxygen atoms in total. The zero-order chi connectivity index (χ0) is 9.10. The Labute approximate surface area is 77.7 Å². The molecular weight excluding hydrogens is 164 g/mol. The summed E-state index contributed by atoms with van der Waals surface area (Å²) in [5.41, 5.74) is 1.26. The zero-order valence-electron chi connectivity index (χ0n) is 7.61. The number of hydrogen-bond donors (Lipinski definition) is 1. The van der Waals surface area contributed by atoms with Crippen LogP contribution in [0.4, 0.5) is 0 Å². The fourth-order valence-corrected chi connectivity index (χ4v) is 1.73. The van der Waals surface area contributed by atoms with Crippen LogP contribution >= 0.6 is 0 Å². The van der Waals surface area contributed by atoms with Crippen molar-refractivity contribution < 1.29 is 0 Å². The summed E-state index contributed by atoms with van der Waals surface area (Å²) < 4.78 is 2.06. The molecule has 0 spiro atoms. The molecule has 0 saturated heterocycles. The molecule has 0 atom stereocenters. The Morgan fingerprint density at radius 1 is 1.54 bits per heavy atom. The van der Waals surface area contributed by atoms with Gasteiger partial charge < -0.3 is 5.41 Å². The lowest BCUT2D eigenvalue weighted by molar-refractivity contribution is 0.310. The van der Waals surface area contributed by atoms with Crippen molar-refractivity contribution in [1.29, 1.82) is 5.41 Å². The predicted molar refractivity (Wildman–Crippen MR) is 50.9 cm³/mol. The van der Waals surface area contributed by atoms with Gasteiger partial charge in [-0.05, 0) is 12.5 Å². The van der Waals surface area contributed by atoms with Crippen molar-refractivity contribution in [1.82, 2.24) is 14.7 Å². The maximum absolute atomic E-state index is 7.07. The highest BCUT2D eigenvalue weighted by Gasteiger charge is 2.12. The first-order valence-electron chi connectivity index (χ1n) is 4.62. The van der Waals surface area contributed by atoms with Gasteiger partial charge in [0.1, 0.15) is 0 Å². The molecule has 0 amide bonds. The number of fused-ring (bicyclic) bond motifs is 1. The minimum absolute atomic E-state index is 0.755. The van der Waals surface area contributed by atoms with Gasteiger partial charge in [0.05, 0.1) is 5.69 Å². The molecular formula is C9H14N4. The van der Waals surface area contributed by atoms with Crippen LogP contribution in [-0.4, -0.2) is 34.0 Å². The van der Waals surface area contributed by atoms with Gasteiger partial charge in [0.15, 0.2) is 0 Å². The standard InChI is InChI=1S/C9H14N4/c10-3-7-12-5-1-6-13-9(8-12)2-4-11-13/h2-4,10H,1,5-8H2. The average Bonchev–Trinajstić information content (AvgIpc) is 2.46. The Hall–Kier alpha value is -1.16. The van der Waals surface area contributed by atoms with Gasteiger partial charge in [-0.3, -0.25) is 9.58 Å². The second-order valence-electron chi connectivity index (χ2n) is 3.34. The van der Waals surface area contributed by atoms with Gasteiger partial charge in [-0.15, -0.1) is 0 Å². The first-order valence-corrected chi connectivity index (χ1v) is 4.62. The Balaban J connectivity index is 2.11. The summed E-state index contributed by atoms with van der Waals surface area (Å²) in [7, 11) is 0. The highest BCUT2D eigenvalue weighted by molar-refractivity contribution is 5.55. The predicted octanol–water partition coefficient (Wildman–Crippen LogP) is 0.738. The van der Waals surface area contributed by atoms with Crippen LogP contribution in [0.5, 0.6) is 0 Å². The number of aryl methyl sites for hydroxylation is 1. The first-order chi connectivity index (χ1) is 6.40. The highest BCUT2D eigenvalue weighted by atomic mass is 15.3. The Morgan fingerprint density at radius 2 is 2.46 bits per heavy atom. The zero-order valence-corrected chi connectivity index (χ0v) is 7.61.